The number of rotatable bonds is 7. The molecular formula is C26H23ClFN3. The number of benzene rings is 3. The van der Waals surface area contributed by atoms with Crippen LogP contribution in [0.3, 0.4) is 0 Å². The number of hydrogen-bond acceptors (Lipinski definition) is 1. The predicted molar refractivity (Wildman–Crippen MR) is 126 cm³/mol. The van der Waals surface area contributed by atoms with Crippen molar-refractivity contribution in [3.8, 4) is 0 Å². The molecule has 5 rings (SSSR count). The van der Waals surface area contributed by atoms with Crippen LogP contribution in [0, 0.1) is 5.82 Å². The molecule has 156 valence electrons. The molecule has 0 aliphatic heterocycles. The highest BCUT2D eigenvalue weighted by atomic mass is 35.5. The number of nitrogens with zero attached hydrogens (tertiary/aromatic N) is 1. The number of aromatic amines is 1. The van der Waals surface area contributed by atoms with Crippen LogP contribution in [-0.2, 0) is 19.5 Å². The van der Waals surface area contributed by atoms with Crippen LogP contribution >= 0.6 is 11.6 Å². The van der Waals surface area contributed by atoms with Gasteiger partial charge in [-0.3, -0.25) is 0 Å². The van der Waals surface area contributed by atoms with Gasteiger partial charge in [0.1, 0.15) is 5.82 Å². The van der Waals surface area contributed by atoms with Crippen molar-refractivity contribution < 1.29 is 4.39 Å². The minimum Gasteiger partial charge on any atom is -0.361 e. The molecule has 31 heavy (non-hydrogen) atoms. The minimum atomic E-state index is -0.314. The van der Waals surface area contributed by atoms with Crippen molar-refractivity contribution in [1.82, 2.24) is 14.9 Å². The molecule has 0 bridgehead atoms. The maximum absolute atomic E-state index is 13.4. The summed E-state index contributed by atoms with van der Waals surface area (Å²) in [5.41, 5.74) is 5.81. The van der Waals surface area contributed by atoms with Crippen LogP contribution < -0.4 is 5.32 Å². The van der Waals surface area contributed by atoms with Crippen molar-refractivity contribution in [1.29, 1.82) is 0 Å². The van der Waals surface area contributed by atoms with Gasteiger partial charge in [-0.2, -0.15) is 0 Å². The first kappa shape index (κ1) is 19.9. The first-order valence-corrected chi connectivity index (χ1v) is 10.8. The lowest BCUT2D eigenvalue weighted by Gasteiger charge is -2.07. The molecule has 2 N–H and O–H groups in total. The van der Waals surface area contributed by atoms with Crippen molar-refractivity contribution in [2.45, 2.75) is 19.5 Å². The number of H-pyrrole nitrogens is 1. The summed E-state index contributed by atoms with van der Waals surface area (Å²) < 4.78 is 15.6. The Balaban J connectivity index is 1.31. The van der Waals surface area contributed by atoms with Crippen LogP contribution in [0.4, 0.5) is 4.39 Å². The van der Waals surface area contributed by atoms with Gasteiger partial charge in [-0.15, -0.1) is 0 Å². The van der Waals surface area contributed by atoms with Gasteiger partial charge in [-0.25, -0.2) is 4.39 Å². The Bertz CT molecular complexity index is 1350. The molecule has 2 heterocycles. The van der Waals surface area contributed by atoms with E-state index in [4.69, 9.17) is 11.6 Å². The highest BCUT2D eigenvalue weighted by Crippen LogP contribution is 2.25. The fourth-order valence-electron chi connectivity index (χ4n) is 4.21. The molecule has 5 heteroatoms. The summed E-state index contributed by atoms with van der Waals surface area (Å²) in [6, 6.07) is 21.3. The van der Waals surface area contributed by atoms with E-state index in [2.05, 4.69) is 69.7 Å². The summed E-state index contributed by atoms with van der Waals surface area (Å²) in [4.78, 5) is 3.34. The molecule has 0 aliphatic rings. The standard InChI is InChI=1S/C26H23ClFN3/c27-24-13-21(28)10-9-19(24)16-31-17-20(23-6-2-4-8-26(23)31)14-29-12-11-18-15-30-25-7-3-1-5-22(18)25/h1-10,13,15,17,29-30H,11-12,14,16H2. The summed E-state index contributed by atoms with van der Waals surface area (Å²) in [6.45, 7) is 2.28. The van der Waals surface area contributed by atoms with Crippen molar-refractivity contribution in [2.24, 2.45) is 0 Å². The van der Waals surface area contributed by atoms with E-state index in [1.165, 1.54) is 39.5 Å². The highest BCUT2D eigenvalue weighted by molar-refractivity contribution is 6.31. The van der Waals surface area contributed by atoms with E-state index in [1.807, 2.05) is 6.07 Å². The molecule has 0 atom stereocenters. The summed E-state index contributed by atoms with van der Waals surface area (Å²) >= 11 is 6.26. The predicted octanol–water partition coefficient (Wildman–Crippen LogP) is 6.30. The van der Waals surface area contributed by atoms with Gasteiger partial charge in [-0.05, 0) is 53.9 Å². The average molecular weight is 432 g/mol. The van der Waals surface area contributed by atoms with Crippen LogP contribution in [-0.4, -0.2) is 16.1 Å². The zero-order chi connectivity index (χ0) is 21.2. The smallest absolute Gasteiger partial charge is 0.124 e. The number of fused-ring (bicyclic) bond motifs is 2. The second kappa shape index (κ2) is 8.58. The van der Waals surface area contributed by atoms with Gasteiger partial charge < -0.3 is 14.9 Å². The molecule has 2 aromatic heterocycles. The van der Waals surface area contributed by atoms with Crippen molar-refractivity contribution in [3.63, 3.8) is 0 Å². The van der Waals surface area contributed by atoms with E-state index < -0.39 is 0 Å². The largest absolute Gasteiger partial charge is 0.361 e. The van der Waals surface area contributed by atoms with Gasteiger partial charge in [0.2, 0.25) is 0 Å². The van der Waals surface area contributed by atoms with Crippen LogP contribution in [0.25, 0.3) is 21.8 Å². The van der Waals surface area contributed by atoms with Crippen LogP contribution in [0.15, 0.2) is 79.1 Å². The Morgan fingerprint density at radius 2 is 1.71 bits per heavy atom. The van der Waals surface area contributed by atoms with E-state index >= 15 is 0 Å². The third-order valence-corrected chi connectivity index (χ3v) is 6.14. The molecule has 0 radical (unpaired) electrons. The lowest BCUT2D eigenvalue weighted by Crippen LogP contribution is -2.16. The summed E-state index contributed by atoms with van der Waals surface area (Å²) in [5, 5.41) is 6.56. The molecule has 0 spiro atoms. The Hall–Kier alpha value is -3.08. The zero-order valence-electron chi connectivity index (χ0n) is 17.0. The summed E-state index contributed by atoms with van der Waals surface area (Å²) in [5.74, 6) is -0.314. The van der Waals surface area contributed by atoms with E-state index in [0.717, 1.165) is 30.6 Å². The molecule has 0 saturated carbocycles. The Kier molecular flexibility index (Phi) is 5.49. The summed E-state index contributed by atoms with van der Waals surface area (Å²) in [6.07, 6.45) is 5.24. The fraction of sp³-hybridized carbons (Fsp3) is 0.154. The van der Waals surface area contributed by atoms with Gasteiger partial charge in [0.25, 0.3) is 0 Å². The van der Waals surface area contributed by atoms with Crippen LogP contribution in [0.5, 0.6) is 0 Å². The minimum absolute atomic E-state index is 0.314. The second-order valence-corrected chi connectivity index (χ2v) is 8.23. The average Bonchev–Trinajstić information content (AvgIpc) is 3.35. The molecule has 0 aliphatic carbocycles. The normalized spacial score (nSPS) is 11.5. The SMILES string of the molecule is Fc1ccc(Cn2cc(CNCCc3c[nH]c4ccccc34)c3ccccc32)c(Cl)c1. The Labute approximate surface area is 185 Å². The van der Waals surface area contributed by atoms with Crippen LogP contribution in [0.2, 0.25) is 5.02 Å². The molecule has 0 unspecified atom stereocenters. The van der Waals surface area contributed by atoms with Gasteiger partial charge in [0.15, 0.2) is 0 Å². The first-order chi connectivity index (χ1) is 15.2. The van der Waals surface area contributed by atoms with Gasteiger partial charge >= 0.3 is 0 Å². The van der Waals surface area contributed by atoms with Crippen molar-refractivity contribution in [2.75, 3.05) is 6.54 Å². The van der Waals surface area contributed by atoms with Gasteiger partial charge in [0.05, 0.1) is 0 Å². The highest BCUT2D eigenvalue weighted by Gasteiger charge is 2.10. The number of halogens is 2. The number of hydrogen-bond donors (Lipinski definition) is 2. The number of aromatic nitrogens is 2. The van der Waals surface area contributed by atoms with Gasteiger partial charge in [0, 0.05) is 52.3 Å². The maximum atomic E-state index is 13.4. The zero-order valence-corrected chi connectivity index (χ0v) is 17.8. The lowest BCUT2D eigenvalue weighted by molar-refractivity contribution is 0.626. The van der Waals surface area contributed by atoms with Crippen LogP contribution in [0.1, 0.15) is 16.7 Å². The van der Waals surface area contributed by atoms with E-state index in [1.54, 1.807) is 6.07 Å². The lowest BCUT2D eigenvalue weighted by atomic mass is 10.1. The van der Waals surface area contributed by atoms with E-state index in [-0.39, 0.29) is 5.82 Å². The molecule has 3 aromatic carbocycles. The van der Waals surface area contributed by atoms with Gasteiger partial charge in [-0.1, -0.05) is 54.1 Å². The van der Waals surface area contributed by atoms with Crippen molar-refractivity contribution in [3.05, 3.63) is 107 Å². The number of para-hydroxylation sites is 2. The molecule has 0 saturated heterocycles. The fourth-order valence-corrected chi connectivity index (χ4v) is 4.44. The van der Waals surface area contributed by atoms with E-state index in [0.29, 0.717) is 11.6 Å². The topological polar surface area (TPSA) is 32.8 Å². The number of nitrogens with one attached hydrogen (secondary N) is 2. The molecule has 0 amide bonds. The maximum Gasteiger partial charge on any atom is 0.124 e. The molecule has 0 fully saturated rings. The molecule has 5 aromatic rings. The third-order valence-electron chi connectivity index (χ3n) is 5.79. The summed E-state index contributed by atoms with van der Waals surface area (Å²) in [7, 11) is 0. The Morgan fingerprint density at radius 3 is 2.58 bits per heavy atom. The van der Waals surface area contributed by atoms with Crippen molar-refractivity contribution >= 4 is 33.4 Å². The van der Waals surface area contributed by atoms with E-state index in [9.17, 15) is 4.39 Å². The third kappa shape index (κ3) is 4.09. The molecule has 3 nitrogen and oxygen atoms in total. The Morgan fingerprint density at radius 1 is 0.903 bits per heavy atom. The second-order valence-electron chi connectivity index (χ2n) is 7.82. The quantitative estimate of drug-likeness (QED) is 0.291. The molecular weight excluding hydrogens is 409 g/mol. The monoisotopic (exact) mass is 431 g/mol. The first-order valence-electron chi connectivity index (χ1n) is 10.5.